The van der Waals surface area contributed by atoms with Crippen LogP contribution in [0.5, 0.6) is 5.75 Å². The van der Waals surface area contributed by atoms with Crippen LogP contribution in [0.15, 0.2) is 41.8 Å². The Bertz CT molecular complexity index is 675. The molecule has 0 aliphatic carbocycles. The fraction of sp³-hybridized carbons (Fsp3) is 0.444. The molecule has 7 heteroatoms. The van der Waals surface area contributed by atoms with Crippen LogP contribution in [0.25, 0.3) is 5.69 Å². The molecule has 1 N–H and O–H groups in total. The molecule has 1 aromatic carbocycles. The van der Waals surface area contributed by atoms with Crippen molar-refractivity contribution in [3.05, 3.63) is 36.7 Å². The monoisotopic (exact) mass is 363 g/mol. The number of amides is 1. The third-order valence-electron chi connectivity index (χ3n) is 3.56. The molecule has 0 fully saturated rings. The number of methoxy groups -OCH3 is 1. The maximum atomic E-state index is 12.2. The molecule has 1 heterocycles. The second-order valence-electron chi connectivity index (χ2n) is 5.38. The predicted octanol–water partition coefficient (Wildman–Crippen LogP) is 2.90. The van der Waals surface area contributed by atoms with Gasteiger partial charge in [-0.05, 0) is 32.4 Å². The number of ether oxygens (including phenoxy) is 2. The van der Waals surface area contributed by atoms with E-state index in [0.717, 1.165) is 23.0 Å². The van der Waals surface area contributed by atoms with Gasteiger partial charge in [-0.15, -0.1) is 0 Å². The number of carbonyl (C=O) groups is 1. The molecule has 1 atom stereocenters. The number of rotatable bonds is 10. The van der Waals surface area contributed by atoms with Crippen LogP contribution in [-0.4, -0.2) is 47.6 Å². The van der Waals surface area contributed by atoms with Crippen molar-refractivity contribution in [3.8, 4) is 11.4 Å². The average molecular weight is 363 g/mol. The van der Waals surface area contributed by atoms with Gasteiger partial charge in [-0.1, -0.05) is 17.8 Å². The average Bonchev–Trinajstić information content (AvgIpc) is 3.09. The molecule has 0 saturated carbocycles. The molecule has 0 saturated heterocycles. The Balaban J connectivity index is 1.94. The van der Waals surface area contributed by atoms with Gasteiger partial charge in [-0.2, -0.15) is 0 Å². The molecule has 136 valence electrons. The summed E-state index contributed by atoms with van der Waals surface area (Å²) in [5.41, 5.74) is 0.948. The summed E-state index contributed by atoms with van der Waals surface area (Å²) >= 11 is 1.43. The minimum Gasteiger partial charge on any atom is -0.497 e. The van der Waals surface area contributed by atoms with Crippen molar-refractivity contribution in [2.45, 2.75) is 30.7 Å². The third kappa shape index (κ3) is 5.79. The highest BCUT2D eigenvalue weighted by atomic mass is 32.2. The summed E-state index contributed by atoms with van der Waals surface area (Å²) < 4.78 is 12.5. The van der Waals surface area contributed by atoms with Crippen molar-refractivity contribution in [1.29, 1.82) is 0 Å². The topological polar surface area (TPSA) is 65.4 Å². The van der Waals surface area contributed by atoms with Gasteiger partial charge in [0.2, 0.25) is 5.91 Å². The zero-order valence-corrected chi connectivity index (χ0v) is 15.7. The lowest BCUT2D eigenvalue weighted by Gasteiger charge is -2.13. The van der Waals surface area contributed by atoms with Gasteiger partial charge in [-0.25, -0.2) is 4.98 Å². The van der Waals surface area contributed by atoms with Gasteiger partial charge in [0.25, 0.3) is 0 Å². The van der Waals surface area contributed by atoms with E-state index in [-0.39, 0.29) is 11.2 Å². The van der Waals surface area contributed by atoms with Crippen molar-refractivity contribution >= 4 is 17.7 Å². The molecule has 6 nitrogen and oxygen atoms in total. The van der Waals surface area contributed by atoms with Gasteiger partial charge in [-0.3, -0.25) is 9.36 Å². The lowest BCUT2D eigenvalue weighted by atomic mass is 10.3. The van der Waals surface area contributed by atoms with Crippen molar-refractivity contribution in [1.82, 2.24) is 14.9 Å². The standard InChI is InChI=1S/C18H25N3O3S/c1-4-24-12-6-9-19-17(22)14(2)25-18-20-10-11-21(18)15-7-5-8-16(13-15)23-3/h5,7-8,10-11,13-14H,4,6,9,12H2,1-3H3,(H,19,22). The number of hydrogen-bond donors (Lipinski definition) is 1. The molecular formula is C18H25N3O3S. The fourth-order valence-electron chi connectivity index (χ4n) is 2.22. The van der Waals surface area contributed by atoms with Gasteiger partial charge in [0.15, 0.2) is 5.16 Å². The van der Waals surface area contributed by atoms with Crippen LogP contribution in [-0.2, 0) is 9.53 Å². The number of nitrogens with one attached hydrogen (secondary N) is 1. The summed E-state index contributed by atoms with van der Waals surface area (Å²) in [4.78, 5) is 16.6. The Kier molecular flexibility index (Phi) is 7.81. The summed E-state index contributed by atoms with van der Waals surface area (Å²) in [5, 5.41) is 3.47. The SMILES string of the molecule is CCOCCCNC(=O)C(C)Sc1nccn1-c1cccc(OC)c1. The summed E-state index contributed by atoms with van der Waals surface area (Å²) in [6, 6.07) is 7.74. The highest BCUT2D eigenvalue weighted by Crippen LogP contribution is 2.26. The number of imidazole rings is 1. The summed E-state index contributed by atoms with van der Waals surface area (Å²) in [6.07, 6.45) is 4.42. The lowest BCUT2D eigenvalue weighted by Crippen LogP contribution is -2.32. The smallest absolute Gasteiger partial charge is 0.233 e. The summed E-state index contributed by atoms with van der Waals surface area (Å²) in [7, 11) is 1.64. The van der Waals surface area contributed by atoms with E-state index in [4.69, 9.17) is 9.47 Å². The number of thioether (sulfide) groups is 1. The molecule has 1 amide bonds. The van der Waals surface area contributed by atoms with Crippen molar-refractivity contribution < 1.29 is 14.3 Å². The van der Waals surface area contributed by atoms with Crippen LogP contribution in [0, 0.1) is 0 Å². The molecule has 0 aliphatic heterocycles. The van der Waals surface area contributed by atoms with E-state index in [2.05, 4.69) is 10.3 Å². The van der Waals surface area contributed by atoms with Crippen LogP contribution in [0.3, 0.4) is 0 Å². The molecule has 0 radical (unpaired) electrons. The second kappa shape index (κ2) is 10.1. The minimum atomic E-state index is -0.237. The number of aromatic nitrogens is 2. The largest absolute Gasteiger partial charge is 0.497 e. The van der Waals surface area contributed by atoms with E-state index in [9.17, 15) is 4.79 Å². The van der Waals surface area contributed by atoms with Gasteiger partial charge in [0, 0.05) is 38.2 Å². The summed E-state index contributed by atoms with van der Waals surface area (Å²) in [5.74, 6) is 0.781. The Hall–Kier alpha value is -1.99. The van der Waals surface area contributed by atoms with Gasteiger partial charge < -0.3 is 14.8 Å². The predicted molar refractivity (Wildman–Crippen MR) is 99.6 cm³/mol. The Morgan fingerprint density at radius 1 is 1.44 bits per heavy atom. The van der Waals surface area contributed by atoms with Crippen LogP contribution in [0.2, 0.25) is 0 Å². The van der Waals surface area contributed by atoms with Crippen LogP contribution in [0.1, 0.15) is 20.3 Å². The molecule has 2 rings (SSSR count). The normalized spacial score (nSPS) is 12.0. The molecule has 0 aliphatic rings. The Morgan fingerprint density at radius 3 is 3.04 bits per heavy atom. The first-order valence-corrected chi connectivity index (χ1v) is 9.23. The fourth-order valence-corrected chi connectivity index (χ4v) is 3.13. The van der Waals surface area contributed by atoms with Crippen molar-refractivity contribution in [2.24, 2.45) is 0 Å². The van der Waals surface area contributed by atoms with Crippen molar-refractivity contribution in [2.75, 3.05) is 26.9 Å². The third-order valence-corrected chi connectivity index (χ3v) is 4.64. The van der Waals surface area contributed by atoms with E-state index in [0.29, 0.717) is 19.8 Å². The second-order valence-corrected chi connectivity index (χ2v) is 6.69. The maximum absolute atomic E-state index is 12.2. The van der Waals surface area contributed by atoms with E-state index in [1.165, 1.54) is 11.8 Å². The Labute approximate surface area is 152 Å². The molecule has 0 spiro atoms. The number of carbonyl (C=O) groups excluding carboxylic acids is 1. The van der Waals surface area contributed by atoms with Crippen LogP contribution in [0.4, 0.5) is 0 Å². The highest BCUT2D eigenvalue weighted by molar-refractivity contribution is 8.00. The molecule has 25 heavy (non-hydrogen) atoms. The number of nitrogens with zero attached hydrogens (tertiary/aromatic N) is 2. The Morgan fingerprint density at radius 2 is 2.28 bits per heavy atom. The minimum absolute atomic E-state index is 0.00157. The van der Waals surface area contributed by atoms with Gasteiger partial charge >= 0.3 is 0 Å². The quantitative estimate of drug-likeness (QED) is 0.519. The maximum Gasteiger partial charge on any atom is 0.233 e. The van der Waals surface area contributed by atoms with E-state index in [1.807, 2.05) is 48.9 Å². The van der Waals surface area contributed by atoms with E-state index in [1.54, 1.807) is 13.3 Å². The first kappa shape index (κ1) is 19.3. The zero-order chi connectivity index (χ0) is 18.1. The van der Waals surface area contributed by atoms with Gasteiger partial charge in [0.1, 0.15) is 5.75 Å². The van der Waals surface area contributed by atoms with Crippen LogP contribution < -0.4 is 10.1 Å². The number of benzene rings is 1. The van der Waals surface area contributed by atoms with E-state index >= 15 is 0 Å². The lowest BCUT2D eigenvalue weighted by molar-refractivity contribution is -0.120. The highest BCUT2D eigenvalue weighted by Gasteiger charge is 2.17. The van der Waals surface area contributed by atoms with Crippen LogP contribution >= 0.6 is 11.8 Å². The molecule has 1 aromatic heterocycles. The molecule has 0 bridgehead atoms. The first-order valence-electron chi connectivity index (χ1n) is 8.35. The summed E-state index contributed by atoms with van der Waals surface area (Å²) in [6.45, 7) is 5.83. The van der Waals surface area contributed by atoms with Crippen molar-refractivity contribution in [3.63, 3.8) is 0 Å². The van der Waals surface area contributed by atoms with E-state index < -0.39 is 0 Å². The molecular weight excluding hydrogens is 338 g/mol. The first-order chi connectivity index (χ1) is 12.2. The van der Waals surface area contributed by atoms with Gasteiger partial charge in [0.05, 0.1) is 18.0 Å². The molecule has 1 unspecified atom stereocenters. The molecule has 2 aromatic rings. The number of hydrogen-bond acceptors (Lipinski definition) is 5. The zero-order valence-electron chi connectivity index (χ0n) is 14.9.